The van der Waals surface area contributed by atoms with Gasteiger partial charge in [0.15, 0.2) is 11.2 Å². The summed E-state index contributed by atoms with van der Waals surface area (Å²) in [5.74, 6) is -0.361. The van der Waals surface area contributed by atoms with E-state index in [1.165, 1.54) is 49.8 Å². The van der Waals surface area contributed by atoms with Crippen LogP contribution in [0.25, 0.3) is 22.2 Å². The average molecular weight is 421 g/mol. The number of hydrogen-bond acceptors (Lipinski definition) is 5. The van der Waals surface area contributed by atoms with Gasteiger partial charge in [0.05, 0.1) is 36.4 Å². The lowest BCUT2D eigenvalue weighted by molar-refractivity contribution is 0.413. The highest BCUT2D eigenvalue weighted by Gasteiger charge is 2.13. The van der Waals surface area contributed by atoms with Crippen LogP contribution in [0.1, 0.15) is 11.3 Å². The highest BCUT2D eigenvalue weighted by molar-refractivity contribution is 6.00. The molecular weight excluding hydrogens is 404 g/mol. The smallest absolute Gasteiger partial charge is 0.193 e. The molecule has 2 heterocycles. The number of nitrogens with two attached hydrogens (primary N) is 1. The molecule has 3 N–H and O–H groups in total. The number of aromatic amines is 1. The van der Waals surface area contributed by atoms with Gasteiger partial charge in [-0.1, -0.05) is 0 Å². The lowest BCUT2D eigenvalue weighted by atomic mass is 10.1. The predicted molar refractivity (Wildman–Crippen MR) is 114 cm³/mol. The number of ether oxygens (including phenoxy) is 1. The molecule has 0 bridgehead atoms. The van der Waals surface area contributed by atoms with E-state index in [0.717, 1.165) is 0 Å². The van der Waals surface area contributed by atoms with Crippen LogP contribution in [0.5, 0.6) is 5.75 Å². The molecule has 0 aliphatic rings. The predicted octanol–water partition coefficient (Wildman–Crippen LogP) is 3.62. The highest BCUT2D eigenvalue weighted by atomic mass is 19.1. The molecule has 0 atom stereocenters. The number of aliphatic imine (C=N–C) groups is 1. The minimum Gasteiger partial charge on any atom is -0.496 e. The van der Waals surface area contributed by atoms with E-state index >= 15 is 0 Å². The molecule has 4 aromatic rings. The van der Waals surface area contributed by atoms with E-state index in [1.807, 2.05) is 0 Å². The second kappa shape index (κ2) is 7.94. The van der Waals surface area contributed by atoms with Crippen LogP contribution in [0.4, 0.5) is 14.6 Å². The van der Waals surface area contributed by atoms with Gasteiger partial charge in [0.1, 0.15) is 23.2 Å². The van der Waals surface area contributed by atoms with Crippen molar-refractivity contribution in [3.63, 3.8) is 0 Å². The molecule has 0 fully saturated rings. The van der Waals surface area contributed by atoms with Crippen LogP contribution in [0, 0.1) is 18.6 Å². The first-order chi connectivity index (χ1) is 14.9. The summed E-state index contributed by atoms with van der Waals surface area (Å²) >= 11 is 0. The lowest BCUT2D eigenvalue weighted by Gasteiger charge is -2.09. The van der Waals surface area contributed by atoms with Crippen LogP contribution in [0.3, 0.4) is 0 Å². The Kier molecular flexibility index (Phi) is 5.16. The highest BCUT2D eigenvalue weighted by Crippen LogP contribution is 2.29. The van der Waals surface area contributed by atoms with Crippen LogP contribution < -0.4 is 15.9 Å². The van der Waals surface area contributed by atoms with Crippen LogP contribution in [-0.2, 0) is 0 Å². The molecule has 2 aromatic carbocycles. The molecule has 2 aromatic heterocycles. The van der Waals surface area contributed by atoms with E-state index in [0.29, 0.717) is 33.8 Å². The molecule has 156 valence electrons. The quantitative estimate of drug-likeness (QED) is 0.387. The number of amidine groups is 1. The summed E-state index contributed by atoms with van der Waals surface area (Å²) in [6, 6.07) is 7.99. The molecule has 0 unspecified atom stereocenters. The molecular formula is C22H17F2N5O2. The van der Waals surface area contributed by atoms with Gasteiger partial charge < -0.3 is 15.5 Å². The summed E-state index contributed by atoms with van der Waals surface area (Å²) in [4.78, 5) is 28.3. The Bertz CT molecular complexity index is 1380. The van der Waals surface area contributed by atoms with Crippen molar-refractivity contribution >= 4 is 22.6 Å². The largest absolute Gasteiger partial charge is 0.496 e. The van der Waals surface area contributed by atoms with Gasteiger partial charge >= 0.3 is 0 Å². The maximum atomic E-state index is 13.5. The van der Waals surface area contributed by atoms with Gasteiger partial charge in [-0.15, -0.1) is 0 Å². The normalized spacial score (nSPS) is 11.7. The number of hydrogen-bond donors (Lipinski definition) is 2. The third-order valence-corrected chi connectivity index (χ3v) is 4.77. The van der Waals surface area contributed by atoms with Crippen molar-refractivity contribution in [1.29, 1.82) is 0 Å². The maximum absolute atomic E-state index is 13.5. The number of methoxy groups -OCH3 is 1. The zero-order valence-corrected chi connectivity index (χ0v) is 16.6. The van der Waals surface area contributed by atoms with Crippen LogP contribution in [0.2, 0.25) is 0 Å². The van der Waals surface area contributed by atoms with Crippen molar-refractivity contribution in [2.24, 2.45) is 10.7 Å². The zero-order valence-electron chi connectivity index (χ0n) is 16.6. The molecule has 7 nitrogen and oxygen atoms in total. The van der Waals surface area contributed by atoms with Crippen molar-refractivity contribution in [3.05, 3.63) is 81.9 Å². The number of rotatable bonds is 4. The average Bonchev–Trinajstić information content (AvgIpc) is 2.77. The Morgan fingerprint density at radius 3 is 2.55 bits per heavy atom. The van der Waals surface area contributed by atoms with Crippen molar-refractivity contribution in [2.75, 3.05) is 7.11 Å². The van der Waals surface area contributed by atoms with Gasteiger partial charge in [-0.2, -0.15) is 0 Å². The molecule has 0 saturated carbocycles. The first kappa shape index (κ1) is 20.1. The number of halogens is 2. The molecule has 0 amide bonds. The van der Waals surface area contributed by atoms with Crippen molar-refractivity contribution in [2.45, 2.75) is 6.92 Å². The maximum Gasteiger partial charge on any atom is 0.193 e. The van der Waals surface area contributed by atoms with Crippen LogP contribution >= 0.6 is 0 Å². The number of benzene rings is 2. The summed E-state index contributed by atoms with van der Waals surface area (Å²) in [6.07, 6.45) is 2.86. The molecule has 4 rings (SSSR count). The Hall–Kier alpha value is -4.14. The van der Waals surface area contributed by atoms with Gasteiger partial charge in [-0.05, 0) is 37.3 Å². The minimum absolute atomic E-state index is 0.0298. The van der Waals surface area contributed by atoms with Gasteiger partial charge in [0.25, 0.3) is 0 Å². The SMILES string of the molecule is COc1cc(F)ccc1-c1cnc(N=C(N)c2[nH]c3ccc(F)cc3c(=O)c2C)cn1. The number of nitrogens with zero attached hydrogens (tertiary/aromatic N) is 3. The third-order valence-electron chi connectivity index (χ3n) is 4.77. The van der Waals surface area contributed by atoms with Crippen molar-refractivity contribution < 1.29 is 13.5 Å². The Labute approximate surface area is 175 Å². The van der Waals surface area contributed by atoms with Crippen molar-refractivity contribution in [1.82, 2.24) is 15.0 Å². The molecule has 31 heavy (non-hydrogen) atoms. The monoisotopic (exact) mass is 421 g/mol. The van der Waals surface area contributed by atoms with E-state index < -0.39 is 11.6 Å². The van der Waals surface area contributed by atoms with E-state index in [4.69, 9.17) is 10.5 Å². The van der Waals surface area contributed by atoms with E-state index in [9.17, 15) is 13.6 Å². The first-order valence-electron chi connectivity index (χ1n) is 9.20. The van der Waals surface area contributed by atoms with Crippen molar-refractivity contribution in [3.8, 4) is 17.0 Å². The number of nitrogens with one attached hydrogen (secondary N) is 1. The number of pyridine rings is 1. The van der Waals surface area contributed by atoms with Gasteiger partial charge in [0, 0.05) is 22.6 Å². The number of fused-ring (bicyclic) bond motifs is 1. The van der Waals surface area contributed by atoms with E-state index in [1.54, 1.807) is 13.0 Å². The molecule has 0 aliphatic carbocycles. The second-order valence-corrected chi connectivity index (χ2v) is 6.75. The summed E-state index contributed by atoms with van der Waals surface area (Å²) in [6.45, 7) is 1.58. The standard InChI is InChI=1S/C22H17F2N5O2/c1-11-20(28-16-6-4-12(23)7-15(16)21(11)30)22(25)29-19-10-26-17(9-27-19)14-5-3-13(24)8-18(14)31-2/h3-10H,1-2H3,(H,28,30)(H2,25,27,29). The summed E-state index contributed by atoms with van der Waals surface area (Å²) in [5, 5.41) is 0.228. The first-order valence-corrected chi connectivity index (χ1v) is 9.20. The van der Waals surface area contributed by atoms with Gasteiger partial charge in [-0.3, -0.25) is 9.78 Å². The van der Waals surface area contributed by atoms with Crippen LogP contribution in [-0.4, -0.2) is 27.9 Å². The fourth-order valence-electron chi connectivity index (χ4n) is 3.19. The summed E-state index contributed by atoms with van der Waals surface area (Å²) < 4.78 is 32.1. The summed E-state index contributed by atoms with van der Waals surface area (Å²) in [5.41, 5.74) is 7.86. The minimum atomic E-state index is -0.500. The Morgan fingerprint density at radius 1 is 1.10 bits per heavy atom. The van der Waals surface area contributed by atoms with E-state index in [-0.39, 0.29) is 22.5 Å². The Balaban J connectivity index is 1.70. The van der Waals surface area contributed by atoms with Gasteiger partial charge in [-0.25, -0.2) is 18.8 Å². The molecule has 0 saturated heterocycles. The molecule has 9 heteroatoms. The molecule has 0 radical (unpaired) electrons. The van der Waals surface area contributed by atoms with E-state index in [2.05, 4.69) is 19.9 Å². The van der Waals surface area contributed by atoms with Crippen LogP contribution in [0.15, 0.2) is 58.6 Å². The fraction of sp³-hybridized carbons (Fsp3) is 0.0909. The Morgan fingerprint density at radius 2 is 1.84 bits per heavy atom. The fourth-order valence-corrected chi connectivity index (χ4v) is 3.19. The number of H-pyrrole nitrogens is 1. The number of aromatic nitrogens is 3. The van der Waals surface area contributed by atoms with Gasteiger partial charge in [0.2, 0.25) is 0 Å². The second-order valence-electron chi connectivity index (χ2n) is 6.75. The zero-order chi connectivity index (χ0) is 22.1. The molecule has 0 aliphatic heterocycles. The summed E-state index contributed by atoms with van der Waals surface area (Å²) in [7, 11) is 1.44. The molecule has 0 spiro atoms. The topological polar surface area (TPSA) is 106 Å². The third kappa shape index (κ3) is 3.85. The lowest BCUT2D eigenvalue weighted by Crippen LogP contribution is -2.22.